The molecule has 0 atom stereocenters. The monoisotopic (exact) mass is 304 g/mol. The van der Waals surface area contributed by atoms with Crippen molar-refractivity contribution in [3.05, 3.63) is 65.2 Å². The van der Waals surface area contributed by atoms with Crippen molar-refractivity contribution in [3.8, 4) is 0 Å². The summed E-state index contributed by atoms with van der Waals surface area (Å²) in [5, 5.41) is 3.06. The van der Waals surface area contributed by atoms with Crippen LogP contribution in [-0.2, 0) is 22.3 Å². The molecule has 0 saturated carbocycles. The molecule has 2 aromatic carbocycles. The largest absolute Gasteiger partial charge is 0.316 e. The molecule has 0 aliphatic carbocycles. The molecule has 0 aliphatic rings. The van der Waals surface area contributed by atoms with Gasteiger partial charge in [-0.15, -0.1) is 0 Å². The van der Waals surface area contributed by atoms with Gasteiger partial charge in [-0.05, 0) is 36.7 Å². The van der Waals surface area contributed by atoms with Gasteiger partial charge >= 0.3 is 0 Å². The third kappa shape index (κ3) is 4.58. The topological polar surface area (TPSA) is 58.2 Å². The van der Waals surface area contributed by atoms with E-state index in [0.717, 1.165) is 23.2 Å². The zero-order chi connectivity index (χ0) is 15.3. The second-order valence-electron chi connectivity index (χ2n) is 5.02. The van der Waals surface area contributed by atoms with Crippen molar-refractivity contribution in [3.63, 3.8) is 0 Å². The fraction of sp³-hybridized carbons (Fsp3) is 0.250. The molecule has 0 aromatic heterocycles. The van der Waals surface area contributed by atoms with Gasteiger partial charge in [-0.3, -0.25) is 4.72 Å². The van der Waals surface area contributed by atoms with Gasteiger partial charge in [0.25, 0.3) is 0 Å². The molecule has 112 valence electrons. The predicted octanol–water partition coefficient (Wildman–Crippen LogP) is 2.66. The number of hydrogen-bond donors (Lipinski definition) is 2. The molecule has 0 radical (unpaired) electrons. The van der Waals surface area contributed by atoms with Crippen molar-refractivity contribution in [2.24, 2.45) is 0 Å². The third-order valence-corrected chi connectivity index (χ3v) is 4.42. The van der Waals surface area contributed by atoms with Gasteiger partial charge in [0.1, 0.15) is 0 Å². The minimum atomic E-state index is -3.40. The van der Waals surface area contributed by atoms with Crippen LogP contribution in [0, 0.1) is 6.92 Å². The highest BCUT2D eigenvalue weighted by molar-refractivity contribution is 7.91. The van der Waals surface area contributed by atoms with Gasteiger partial charge in [-0.25, -0.2) is 8.42 Å². The van der Waals surface area contributed by atoms with Gasteiger partial charge in [0.15, 0.2) is 0 Å². The lowest BCUT2D eigenvalue weighted by Gasteiger charge is -2.10. The Kier molecular flexibility index (Phi) is 4.98. The SMILES string of the molecule is CNCc1ccc(CS(=O)(=O)Nc2ccccc2C)cc1. The number of aryl methyl sites for hydroxylation is 1. The standard InChI is InChI=1S/C16H20N2O2S/c1-13-5-3-4-6-16(13)18-21(19,20)12-15-9-7-14(8-10-15)11-17-2/h3-10,17-18H,11-12H2,1-2H3. The number of sulfonamides is 1. The average Bonchev–Trinajstić information content (AvgIpc) is 2.43. The Bertz CT molecular complexity index is 694. The third-order valence-electron chi connectivity index (χ3n) is 3.17. The molecular formula is C16H20N2O2S. The quantitative estimate of drug-likeness (QED) is 0.862. The normalized spacial score (nSPS) is 11.3. The second-order valence-corrected chi connectivity index (χ2v) is 6.75. The van der Waals surface area contributed by atoms with Gasteiger partial charge < -0.3 is 5.32 Å². The van der Waals surface area contributed by atoms with Gasteiger partial charge in [0, 0.05) is 6.54 Å². The van der Waals surface area contributed by atoms with E-state index < -0.39 is 10.0 Å². The molecule has 0 bridgehead atoms. The van der Waals surface area contributed by atoms with Crippen molar-refractivity contribution in [2.45, 2.75) is 19.2 Å². The maximum Gasteiger partial charge on any atom is 0.236 e. The molecule has 0 aliphatic heterocycles. The van der Waals surface area contributed by atoms with Crippen molar-refractivity contribution in [1.29, 1.82) is 0 Å². The van der Waals surface area contributed by atoms with Crippen molar-refractivity contribution in [2.75, 3.05) is 11.8 Å². The van der Waals surface area contributed by atoms with Gasteiger partial charge in [-0.2, -0.15) is 0 Å². The summed E-state index contributed by atoms with van der Waals surface area (Å²) in [6, 6.07) is 14.9. The first-order valence-corrected chi connectivity index (χ1v) is 8.44. The molecule has 2 rings (SSSR count). The summed E-state index contributed by atoms with van der Waals surface area (Å²) in [4.78, 5) is 0. The van der Waals surface area contributed by atoms with Crippen LogP contribution in [0.5, 0.6) is 0 Å². The summed E-state index contributed by atoms with van der Waals surface area (Å²) in [5.74, 6) is -0.0266. The Balaban J connectivity index is 2.09. The lowest BCUT2D eigenvalue weighted by atomic mass is 10.1. The first-order chi connectivity index (χ1) is 10.00. The fourth-order valence-corrected chi connectivity index (χ4v) is 3.34. The number of nitrogens with one attached hydrogen (secondary N) is 2. The van der Waals surface area contributed by atoms with E-state index in [1.165, 1.54) is 0 Å². The van der Waals surface area contributed by atoms with E-state index in [2.05, 4.69) is 10.0 Å². The minimum absolute atomic E-state index is 0.0266. The number of rotatable bonds is 6. The number of anilines is 1. The zero-order valence-electron chi connectivity index (χ0n) is 12.3. The summed E-state index contributed by atoms with van der Waals surface area (Å²) >= 11 is 0. The molecule has 5 heteroatoms. The number of hydrogen-bond acceptors (Lipinski definition) is 3. The van der Waals surface area contributed by atoms with Crippen molar-refractivity contribution in [1.82, 2.24) is 5.32 Å². The Morgan fingerprint density at radius 3 is 2.19 bits per heavy atom. The molecule has 21 heavy (non-hydrogen) atoms. The smallest absolute Gasteiger partial charge is 0.236 e. The van der Waals surface area contributed by atoms with E-state index in [0.29, 0.717) is 5.69 Å². The van der Waals surface area contributed by atoms with E-state index in [9.17, 15) is 8.42 Å². The average molecular weight is 304 g/mol. The Morgan fingerprint density at radius 2 is 1.57 bits per heavy atom. The lowest BCUT2D eigenvalue weighted by molar-refractivity contribution is 0.600. The van der Waals surface area contributed by atoms with Crippen LogP contribution in [0.4, 0.5) is 5.69 Å². The predicted molar refractivity (Wildman–Crippen MR) is 86.6 cm³/mol. The van der Waals surface area contributed by atoms with Crippen LogP contribution in [0.2, 0.25) is 0 Å². The van der Waals surface area contributed by atoms with Crippen LogP contribution in [0.25, 0.3) is 0 Å². The highest BCUT2D eigenvalue weighted by Crippen LogP contribution is 2.17. The van der Waals surface area contributed by atoms with Crippen LogP contribution < -0.4 is 10.0 Å². The minimum Gasteiger partial charge on any atom is -0.316 e. The maximum absolute atomic E-state index is 12.2. The summed E-state index contributed by atoms with van der Waals surface area (Å²) in [7, 11) is -1.52. The summed E-state index contributed by atoms with van der Waals surface area (Å²) in [5.41, 5.74) is 3.44. The Morgan fingerprint density at radius 1 is 0.952 bits per heavy atom. The van der Waals surface area contributed by atoms with Gasteiger partial charge in [0.05, 0.1) is 11.4 Å². The lowest BCUT2D eigenvalue weighted by Crippen LogP contribution is -2.15. The summed E-state index contributed by atoms with van der Waals surface area (Å²) < 4.78 is 27.1. The van der Waals surface area contributed by atoms with E-state index in [4.69, 9.17) is 0 Å². The second kappa shape index (κ2) is 6.74. The Hall–Kier alpha value is -1.85. The first kappa shape index (κ1) is 15.5. The van der Waals surface area contributed by atoms with Crippen LogP contribution >= 0.6 is 0 Å². The molecule has 2 aromatic rings. The fourth-order valence-electron chi connectivity index (χ4n) is 2.07. The van der Waals surface area contributed by atoms with Gasteiger partial charge in [0.2, 0.25) is 10.0 Å². The maximum atomic E-state index is 12.2. The van der Waals surface area contributed by atoms with Crippen LogP contribution in [0.1, 0.15) is 16.7 Å². The zero-order valence-corrected chi connectivity index (χ0v) is 13.1. The molecule has 0 heterocycles. The van der Waals surface area contributed by atoms with Crippen molar-refractivity contribution >= 4 is 15.7 Å². The van der Waals surface area contributed by atoms with E-state index >= 15 is 0 Å². The van der Waals surface area contributed by atoms with Crippen LogP contribution in [0.3, 0.4) is 0 Å². The summed E-state index contributed by atoms with van der Waals surface area (Å²) in [6.07, 6.45) is 0. The molecular weight excluding hydrogens is 284 g/mol. The molecule has 0 saturated heterocycles. The van der Waals surface area contributed by atoms with E-state index in [1.54, 1.807) is 6.07 Å². The number of para-hydroxylation sites is 1. The molecule has 2 N–H and O–H groups in total. The molecule has 0 amide bonds. The highest BCUT2D eigenvalue weighted by Gasteiger charge is 2.12. The van der Waals surface area contributed by atoms with Crippen LogP contribution in [-0.4, -0.2) is 15.5 Å². The van der Waals surface area contributed by atoms with E-state index in [1.807, 2.05) is 56.4 Å². The van der Waals surface area contributed by atoms with E-state index in [-0.39, 0.29) is 5.75 Å². The molecule has 4 nitrogen and oxygen atoms in total. The van der Waals surface area contributed by atoms with Crippen LogP contribution in [0.15, 0.2) is 48.5 Å². The Labute approximate surface area is 126 Å². The van der Waals surface area contributed by atoms with Gasteiger partial charge in [-0.1, -0.05) is 42.5 Å². The highest BCUT2D eigenvalue weighted by atomic mass is 32.2. The molecule has 0 unspecified atom stereocenters. The molecule has 0 spiro atoms. The summed E-state index contributed by atoms with van der Waals surface area (Å²) in [6.45, 7) is 2.65. The molecule has 0 fully saturated rings. The first-order valence-electron chi connectivity index (χ1n) is 6.79. The van der Waals surface area contributed by atoms with Crippen molar-refractivity contribution < 1.29 is 8.42 Å². The number of benzene rings is 2.